The average molecular weight is 174 g/mol. The molecule has 1 unspecified atom stereocenters. The van der Waals surface area contributed by atoms with Gasteiger partial charge in [-0.15, -0.1) is 0 Å². The zero-order valence-electron chi connectivity index (χ0n) is 7.62. The number of piperazine rings is 1. The number of nitrogens with zero attached hydrogens (tertiary/aromatic N) is 1. The molecule has 72 valence electrons. The molecule has 1 atom stereocenters. The third-order valence-corrected chi connectivity index (χ3v) is 2.24. The third kappa shape index (κ3) is 2.71. The van der Waals surface area contributed by atoms with E-state index in [0.717, 1.165) is 26.2 Å². The molecule has 12 heavy (non-hydrogen) atoms. The third-order valence-electron chi connectivity index (χ3n) is 2.24. The molecule has 0 saturated carbocycles. The molecule has 1 rings (SSSR count). The quantitative estimate of drug-likeness (QED) is 0.568. The summed E-state index contributed by atoms with van der Waals surface area (Å²) in [7, 11) is 1.67. The van der Waals surface area contributed by atoms with E-state index >= 15 is 0 Å². The summed E-state index contributed by atoms with van der Waals surface area (Å²) in [6.45, 7) is 4.86. The first-order valence-corrected chi connectivity index (χ1v) is 4.43. The van der Waals surface area contributed by atoms with Gasteiger partial charge in [0.1, 0.15) is 0 Å². The number of hydrogen-bond acceptors (Lipinski definition) is 4. The van der Waals surface area contributed by atoms with Crippen LogP contribution in [0.3, 0.4) is 0 Å². The lowest BCUT2D eigenvalue weighted by molar-refractivity contribution is 0.0460. The second kappa shape index (κ2) is 5.48. The fourth-order valence-corrected chi connectivity index (χ4v) is 1.51. The molecule has 0 aromatic carbocycles. The molecule has 2 N–H and O–H groups in total. The number of hydrogen-bond donors (Lipinski definition) is 2. The van der Waals surface area contributed by atoms with Crippen molar-refractivity contribution < 1.29 is 9.84 Å². The number of ether oxygens (including phenoxy) is 1. The van der Waals surface area contributed by atoms with E-state index in [1.165, 1.54) is 0 Å². The molecular formula is C8H18N2O2. The van der Waals surface area contributed by atoms with E-state index in [0.29, 0.717) is 6.61 Å². The van der Waals surface area contributed by atoms with Gasteiger partial charge in [-0.1, -0.05) is 0 Å². The first-order valence-electron chi connectivity index (χ1n) is 4.43. The lowest BCUT2D eigenvalue weighted by Crippen LogP contribution is -2.51. The molecule has 1 aliphatic heterocycles. The largest absolute Gasteiger partial charge is 0.395 e. The van der Waals surface area contributed by atoms with Crippen LogP contribution in [0.5, 0.6) is 0 Å². The van der Waals surface area contributed by atoms with Gasteiger partial charge in [0.25, 0.3) is 0 Å². The van der Waals surface area contributed by atoms with Crippen molar-refractivity contribution in [3.05, 3.63) is 0 Å². The number of aliphatic hydroxyl groups is 1. The van der Waals surface area contributed by atoms with Gasteiger partial charge in [0.05, 0.1) is 19.3 Å². The highest BCUT2D eigenvalue weighted by Gasteiger charge is 2.18. The minimum absolute atomic E-state index is 0.178. The average Bonchev–Trinajstić information content (AvgIpc) is 2.15. The van der Waals surface area contributed by atoms with Crippen LogP contribution >= 0.6 is 0 Å². The van der Waals surface area contributed by atoms with Crippen molar-refractivity contribution in [1.82, 2.24) is 10.2 Å². The second-order valence-electron chi connectivity index (χ2n) is 3.08. The summed E-state index contributed by atoms with van der Waals surface area (Å²) in [5.74, 6) is 0. The normalized spacial score (nSPS) is 22.5. The van der Waals surface area contributed by atoms with Crippen LogP contribution in [0.2, 0.25) is 0 Å². The van der Waals surface area contributed by atoms with Crippen molar-refractivity contribution in [3.63, 3.8) is 0 Å². The maximum Gasteiger partial charge on any atom is 0.0640 e. The number of methoxy groups -OCH3 is 1. The molecule has 4 nitrogen and oxygen atoms in total. The number of rotatable bonds is 4. The van der Waals surface area contributed by atoms with Gasteiger partial charge in [-0.05, 0) is 0 Å². The Kier molecular flexibility index (Phi) is 4.53. The van der Waals surface area contributed by atoms with Gasteiger partial charge in [0.2, 0.25) is 0 Å². The van der Waals surface area contributed by atoms with Crippen molar-refractivity contribution in [2.24, 2.45) is 0 Å². The van der Waals surface area contributed by atoms with E-state index in [2.05, 4.69) is 10.2 Å². The van der Waals surface area contributed by atoms with E-state index in [4.69, 9.17) is 9.84 Å². The van der Waals surface area contributed by atoms with E-state index in [1.54, 1.807) is 7.11 Å². The maximum absolute atomic E-state index is 9.07. The summed E-state index contributed by atoms with van der Waals surface area (Å²) in [6.07, 6.45) is 0. The first-order chi connectivity index (χ1) is 5.88. The summed E-state index contributed by atoms with van der Waals surface area (Å²) >= 11 is 0. The highest BCUT2D eigenvalue weighted by molar-refractivity contribution is 4.75. The van der Waals surface area contributed by atoms with Gasteiger partial charge >= 0.3 is 0 Å². The summed E-state index contributed by atoms with van der Waals surface area (Å²) in [5.41, 5.74) is 0. The van der Waals surface area contributed by atoms with Crippen molar-refractivity contribution in [3.8, 4) is 0 Å². The van der Waals surface area contributed by atoms with Crippen molar-refractivity contribution >= 4 is 0 Å². The molecule has 0 aromatic heterocycles. The summed E-state index contributed by atoms with van der Waals surface area (Å²) in [5, 5.41) is 12.3. The Hall–Kier alpha value is -0.160. The summed E-state index contributed by atoms with van der Waals surface area (Å²) < 4.78 is 5.03. The first kappa shape index (κ1) is 9.92. The highest BCUT2D eigenvalue weighted by Crippen LogP contribution is 2.00. The fourth-order valence-electron chi connectivity index (χ4n) is 1.51. The van der Waals surface area contributed by atoms with Crippen LogP contribution in [0.15, 0.2) is 0 Å². The molecular weight excluding hydrogens is 156 g/mol. The zero-order valence-corrected chi connectivity index (χ0v) is 7.62. The van der Waals surface area contributed by atoms with E-state index in [1.807, 2.05) is 0 Å². The monoisotopic (exact) mass is 174 g/mol. The molecule has 0 radical (unpaired) electrons. The van der Waals surface area contributed by atoms with E-state index in [9.17, 15) is 0 Å². The molecule has 1 heterocycles. The van der Waals surface area contributed by atoms with Crippen LogP contribution in [0.1, 0.15) is 0 Å². The second-order valence-corrected chi connectivity index (χ2v) is 3.08. The number of nitrogens with one attached hydrogen (secondary N) is 1. The van der Waals surface area contributed by atoms with Crippen LogP contribution in [0, 0.1) is 0 Å². The molecule has 1 aliphatic rings. The Morgan fingerprint density at radius 3 is 2.67 bits per heavy atom. The lowest BCUT2D eigenvalue weighted by atomic mass is 10.2. The molecule has 0 spiro atoms. The van der Waals surface area contributed by atoms with Gasteiger partial charge in [0, 0.05) is 33.3 Å². The molecule has 1 saturated heterocycles. The van der Waals surface area contributed by atoms with Gasteiger partial charge in [0.15, 0.2) is 0 Å². The molecule has 1 fully saturated rings. The van der Waals surface area contributed by atoms with Crippen molar-refractivity contribution in [1.29, 1.82) is 0 Å². The Morgan fingerprint density at radius 2 is 2.17 bits per heavy atom. The molecule has 0 aliphatic carbocycles. The van der Waals surface area contributed by atoms with Crippen LogP contribution in [0.25, 0.3) is 0 Å². The van der Waals surface area contributed by atoms with Crippen molar-refractivity contribution in [2.75, 3.05) is 46.5 Å². The molecule has 4 heteroatoms. The predicted octanol–water partition coefficient (Wildman–Crippen LogP) is -1.10. The van der Waals surface area contributed by atoms with Crippen LogP contribution in [-0.2, 0) is 4.74 Å². The Labute approximate surface area is 73.5 Å². The summed E-state index contributed by atoms with van der Waals surface area (Å²) in [6, 6.07) is 0.178. The smallest absolute Gasteiger partial charge is 0.0640 e. The minimum Gasteiger partial charge on any atom is -0.395 e. The maximum atomic E-state index is 9.07. The fraction of sp³-hybridized carbons (Fsp3) is 1.00. The van der Waals surface area contributed by atoms with Crippen LogP contribution in [0.4, 0.5) is 0 Å². The van der Waals surface area contributed by atoms with Gasteiger partial charge < -0.3 is 15.2 Å². The molecule has 0 amide bonds. The lowest BCUT2D eigenvalue weighted by Gasteiger charge is -2.33. The Bertz CT molecular complexity index is 113. The Balaban J connectivity index is 2.29. The minimum atomic E-state index is 0.178. The van der Waals surface area contributed by atoms with E-state index in [-0.39, 0.29) is 12.6 Å². The molecule has 0 aromatic rings. The van der Waals surface area contributed by atoms with Crippen molar-refractivity contribution in [2.45, 2.75) is 6.04 Å². The standard InChI is InChI=1S/C8H18N2O2/c1-12-7-8(6-11)10-4-2-9-3-5-10/h8-9,11H,2-7H2,1H3. The van der Waals surface area contributed by atoms with Crippen LogP contribution < -0.4 is 5.32 Å². The van der Waals surface area contributed by atoms with E-state index < -0.39 is 0 Å². The predicted molar refractivity (Wildman–Crippen MR) is 47.2 cm³/mol. The molecule has 0 bridgehead atoms. The van der Waals surface area contributed by atoms with Gasteiger partial charge in [-0.25, -0.2) is 0 Å². The summed E-state index contributed by atoms with van der Waals surface area (Å²) in [4.78, 5) is 2.26. The SMILES string of the molecule is COCC(CO)N1CCNCC1. The number of aliphatic hydroxyl groups excluding tert-OH is 1. The Morgan fingerprint density at radius 1 is 1.50 bits per heavy atom. The van der Waals surface area contributed by atoms with Gasteiger partial charge in [-0.2, -0.15) is 0 Å². The zero-order chi connectivity index (χ0) is 8.81. The van der Waals surface area contributed by atoms with Gasteiger partial charge in [-0.3, -0.25) is 4.90 Å². The topological polar surface area (TPSA) is 44.7 Å². The van der Waals surface area contributed by atoms with Crippen LogP contribution in [-0.4, -0.2) is 62.6 Å². The highest BCUT2D eigenvalue weighted by atomic mass is 16.5.